The normalized spacial score (nSPS) is 30.4. The lowest BCUT2D eigenvalue weighted by Gasteiger charge is -2.32. The SMILES string of the molecule is CCCCS(=O)(=O)N1CCCC1C(=O)NC1CCCNC1C. The van der Waals surface area contributed by atoms with Crippen molar-refractivity contribution in [3.63, 3.8) is 0 Å². The average molecular weight is 331 g/mol. The zero-order valence-electron chi connectivity index (χ0n) is 13.7. The Hall–Kier alpha value is -0.660. The number of unbranched alkanes of at least 4 members (excludes halogenated alkanes) is 1. The fourth-order valence-electron chi connectivity index (χ4n) is 3.30. The van der Waals surface area contributed by atoms with Crippen LogP contribution < -0.4 is 10.6 Å². The number of carbonyl (C=O) groups excluding carboxylic acids is 1. The van der Waals surface area contributed by atoms with Gasteiger partial charge in [-0.3, -0.25) is 4.79 Å². The molecule has 2 heterocycles. The van der Waals surface area contributed by atoms with Crippen molar-refractivity contribution in [3.8, 4) is 0 Å². The van der Waals surface area contributed by atoms with Gasteiger partial charge >= 0.3 is 0 Å². The molecule has 2 saturated heterocycles. The number of carbonyl (C=O) groups is 1. The van der Waals surface area contributed by atoms with E-state index in [-0.39, 0.29) is 23.7 Å². The Bertz CT molecular complexity index is 480. The summed E-state index contributed by atoms with van der Waals surface area (Å²) in [7, 11) is -3.31. The molecule has 1 amide bonds. The van der Waals surface area contributed by atoms with Crippen molar-refractivity contribution < 1.29 is 13.2 Å². The van der Waals surface area contributed by atoms with Crippen LogP contribution in [-0.4, -0.2) is 55.6 Å². The van der Waals surface area contributed by atoms with Crippen LogP contribution in [0.2, 0.25) is 0 Å². The van der Waals surface area contributed by atoms with E-state index in [0.29, 0.717) is 19.4 Å². The third-order valence-electron chi connectivity index (χ3n) is 4.71. The molecule has 128 valence electrons. The number of nitrogens with zero attached hydrogens (tertiary/aromatic N) is 1. The number of rotatable bonds is 6. The van der Waals surface area contributed by atoms with Crippen molar-refractivity contribution in [1.82, 2.24) is 14.9 Å². The second-order valence-corrected chi connectivity index (χ2v) is 8.48. The molecule has 0 radical (unpaired) electrons. The highest BCUT2D eigenvalue weighted by Crippen LogP contribution is 2.23. The first-order valence-electron chi connectivity index (χ1n) is 8.49. The monoisotopic (exact) mass is 331 g/mol. The smallest absolute Gasteiger partial charge is 0.238 e. The summed E-state index contributed by atoms with van der Waals surface area (Å²) in [4.78, 5) is 12.5. The minimum atomic E-state index is -3.31. The zero-order valence-corrected chi connectivity index (χ0v) is 14.5. The molecule has 0 aliphatic carbocycles. The Kier molecular flexibility index (Phi) is 6.23. The van der Waals surface area contributed by atoms with Gasteiger partial charge in [0.25, 0.3) is 0 Å². The van der Waals surface area contributed by atoms with Gasteiger partial charge in [-0.1, -0.05) is 13.3 Å². The third kappa shape index (κ3) is 4.20. The van der Waals surface area contributed by atoms with Crippen LogP contribution in [0.5, 0.6) is 0 Å². The van der Waals surface area contributed by atoms with Gasteiger partial charge < -0.3 is 10.6 Å². The topological polar surface area (TPSA) is 78.5 Å². The Labute approximate surface area is 134 Å². The summed E-state index contributed by atoms with van der Waals surface area (Å²) in [5.41, 5.74) is 0. The van der Waals surface area contributed by atoms with Crippen LogP contribution in [0, 0.1) is 0 Å². The number of sulfonamides is 1. The Morgan fingerprint density at radius 1 is 1.32 bits per heavy atom. The summed E-state index contributed by atoms with van der Waals surface area (Å²) in [5.74, 6) is 0.0207. The predicted molar refractivity (Wildman–Crippen MR) is 87.1 cm³/mol. The molecule has 0 bridgehead atoms. The van der Waals surface area contributed by atoms with E-state index in [4.69, 9.17) is 0 Å². The Morgan fingerprint density at radius 2 is 2.09 bits per heavy atom. The minimum absolute atomic E-state index is 0.0991. The number of hydrogen-bond acceptors (Lipinski definition) is 4. The van der Waals surface area contributed by atoms with Crippen molar-refractivity contribution in [2.45, 2.75) is 70.5 Å². The lowest BCUT2D eigenvalue weighted by Crippen LogP contribution is -2.56. The van der Waals surface area contributed by atoms with E-state index >= 15 is 0 Å². The lowest BCUT2D eigenvalue weighted by atomic mass is 9.99. The summed E-state index contributed by atoms with van der Waals surface area (Å²) in [6.45, 7) is 5.49. The maximum Gasteiger partial charge on any atom is 0.238 e. The van der Waals surface area contributed by atoms with Gasteiger partial charge in [-0.05, 0) is 45.6 Å². The van der Waals surface area contributed by atoms with Gasteiger partial charge in [0.1, 0.15) is 6.04 Å². The van der Waals surface area contributed by atoms with Crippen LogP contribution in [0.3, 0.4) is 0 Å². The van der Waals surface area contributed by atoms with Gasteiger partial charge in [0.2, 0.25) is 15.9 Å². The standard InChI is InChI=1S/C15H29N3O3S/c1-3-4-11-22(20,21)18-10-6-8-14(18)15(19)17-13-7-5-9-16-12(13)2/h12-14,16H,3-11H2,1-2H3,(H,17,19). The Balaban J connectivity index is 1.98. The molecule has 22 heavy (non-hydrogen) atoms. The van der Waals surface area contributed by atoms with Crippen LogP contribution in [0.1, 0.15) is 52.4 Å². The summed E-state index contributed by atoms with van der Waals surface area (Å²) in [6.07, 6.45) is 4.88. The molecule has 0 aromatic rings. The molecular weight excluding hydrogens is 302 g/mol. The first kappa shape index (κ1) is 17.7. The third-order valence-corrected chi connectivity index (χ3v) is 6.67. The maximum atomic E-state index is 12.5. The highest BCUT2D eigenvalue weighted by atomic mass is 32.2. The van der Waals surface area contributed by atoms with E-state index in [1.807, 2.05) is 6.92 Å². The number of nitrogens with one attached hydrogen (secondary N) is 2. The molecule has 7 heteroatoms. The molecular formula is C15H29N3O3S. The van der Waals surface area contributed by atoms with Crippen molar-refractivity contribution in [1.29, 1.82) is 0 Å². The maximum absolute atomic E-state index is 12.5. The molecule has 0 saturated carbocycles. The first-order valence-corrected chi connectivity index (χ1v) is 10.1. The van der Waals surface area contributed by atoms with Crippen molar-refractivity contribution in [2.75, 3.05) is 18.8 Å². The van der Waals surface area contributed by atoms with E-state index < -0.39 is 16.1 Å². The summed E-state index contributed by atoms with van der Waals surface area (Å²) >= 11 is 0. The molecule has 0 spiro atoms. The van der Waals surface area contributed by atoms with Crippen LogP contribution in [0.4, 0.5) is 0 Å². The van der Waals surface area contributed by atoms with Gasteiger partial charge in [0, 0.05) is 18.6 Å². The van der Waals surface area contributed by atoms with Crippen LogP contribution in [0.25, 0.3) is 0 Å². The fourth-order valence-corrected chi connectivity index (χ4v) is 5.18. The van der Waals surface area contributed by atoms with Crippen LogP contribution in [0.15, 0.2) is 0 Å². The molecule has 2 aliphatic heterocycles. The van der Waals surface area contributed by atoms with E-state index in [2.05, 4.69) is 17.6 Å². The molecule has 2 N–H and O–H groups in total. The Morgan fingerprint density at radius 3 is 2.77 bits per heavy atom. The molecule has 3 unspecified atom stereocenters. The largest absolute Gasteiger partial charge is 0.350 e. The van der Waals surface area contributed by atoms with E-state index in [1.54, 1.807) is 0 Å². The molecule has 2 rings (SSSR count). The summed E-state index contributed by atoms with van der Waals surface area (Å²) in [5, 5.41) is 6.41. The molecule has 3 atom stereocenters. The van der Waals surface area contributed by atoms with Gasteiger partial charge in [0.05, 0.1) is 5.75 Å². The molecule has 2 fully saturated rings. The molecule has 6 nitrogen and oxygen atoms in total. The van der Waals surface area contributed by atoms with E-state index in [9.17, 15) is 13.2 Å². The molecule has 0 aromatic carbocycles. The van der Waals surface area contributed by atoms with E-state index in [0.717, 1.165) is 32.2 Å². The van der Waals surface area contributed by atoms with Crippen LogP contribution in [-0.2, 0) is 14.8 Å². The van der Waals surface area contributed by atoms with Crippen molar-refractivity contribution in [2.24, 2.45) is 0 Å². The molecule has 0 aromatic heterocycles. The molecule has 2 aliphatic rings. The summed E-state index contributed by atoms with van der Waals surface area (Å²) < 4.78 is 26.2. The van der Waals surface area contributed by atoms with Crippen molar-refractivity contribution >= 4 is 15.9 Å². The predicted octanol–water partition coefficient (Wildman–Crippen LogP) is 0.837. The fraction of sp³-hybridized carbons (Fsp3) is 0.933. The number of hydrogen-bond donors (Lipinski definition) is 2. The second kappa shape index (κ2) is 7.75. The lowest BCUT2D eigenvalue weighted by molar-refractivity contribution is -0.125. The summed E-state index contributed by atoms with van der Waals surface area (Å²) in [6, 6.07) is -0.178. The zero-order chi connectivity index (χ0) is 16.2. The highest BCUT2D eigenvalue weighted by molar-refractivity contribution is 7.89. The van der Waals surface area contributed by atoms with Gasteiger partial charge in [0.15, 0.2) is 0 Å². The first-order chi connectivity index (χ1) is 10.5. The van der Waals surface area contributed by atoms with E-state index in [1.165, 1.54) is 4.31 Å². The minimum Gasteiger partial charge on any atom is -0.350 e. The van der Waals surface area contributed by atoms with Gasteiger partial charge in [-0.2, -0.15) is 4.31 Å². The number of piperidine rings is 1. The second-order valence-electron chi connectivity index (χ2n) is 6.44. The number of amides is 1. The van der Waals surface area contributed by atoms with Gasteiger partial charge in [-0.25, -0.2) is 8.42 Å². The quantitative estimate of drug-likeness (QED) is 0.756. The van der Waals surface area contributed by atoms with Gasteiger partial charge in [-0.15, -0.1) is 0 Å². The van der Waals surface area contributed by atoms with Crippen LogP contribution >= 0.6 is 0 Å². The van der Waals surface area contributed by atoms with Crippen molar-refractivity contribution in [3.05, 3.63) is 0 Å². The average Bonchev–Trinajstić information content (AvgIpc) is 2.98. The highest BCUT2D eigenvalue weighted by Gasteiger charge is 2.39.